The fourth-order valence-electron chi connectivity index (χ4n) is 2.99. The summed E-state index contributed by atoms with van der Waals surface area (Å²) >= 11 is 0. The molecule has 1 heterocycles. The summed E-state index contributed by atoms with van der Waals surface area (Å²) in [6, 6.07) is 2.10. The molecule has 0 aromatic carbocycles. The number of carbonyl (C=O) groups excluding carboxylic acids is 1. The molecule has 0 aromatic rings. The van der Waals surface area contributed by atoms with Gasteiger partial charge in [0.2, 0.25) is 5.88 Å². The molecule has 0 saturated heterocycles. The van der Waals surface area contributed by atoms with Gasteiger partial charge in [-0.3, -0.25) is 4.79 Å². The monoisotopic (exact) mass is 260 g/mol. The highest BCUT2D eigenvalue weighted by atomic mass is 16.5. The first-order valence-electron chi connectivity index (χ1n) is 6.60. The minimum atomic E-state index is -0.225. The van der Waals surface area contributed by atoms with Crippen molar-refractivity contribution in [3.8, 4) is 6.07 Å². The molecule has 4 nitrogen and oxygen atoms in total. The molecule has 19 heavy (non-hydrogen) atoms. The largest absolute Gasteiger partial charge is 0.444 e. The SMILES string of the molecule is CC(C)[C@H]1C(C#N)=C(N)OC2=C1C(=O)CC(C)(C)C2. The molecule has 1 aliphatic carbocycles. The maximum absolute atomic E-state index is 12.4. The molecule has 0 unspecified atom stereocenters. The van der Waals surface area contributed by atoms with Gasteiger partial charge in [-0.1, -0.05) is 27.7 Å². The Bertz CT molecular complexity index is 533. The highest BCUT2D eigenvalue weighted by molar-refractivity contribution is 5.98. The minimum Gasteiger partial charge on any atom is -0.444 e. The highest BCUT2D eigenvalue weighted by Gasteiger charge is 2.43. The third-order valence-electron chi connectivity index (χ3n) is 3.79. The van der Waals surface area contributed by atoms with Gasteiger partial charge in [-0.15, -0.1) is 0 Å². The molecule has 0 amide bonds. The van der Waals surface area contributed by atoms with Gasteiger partial charge < -0.3 is 10.5 Å². The standard InChI is InChI=1S/C15H20N2O2/c1-8(2)12-9(7-16)14(17)19-11-6-15(3,4)5-10(18)13(11)12/h8,12H,5-6,17H2,1-4H3/t12-/m0/s1. The van der Waals surface area contributed by atoms with E-state index in [1.54, 1.807) is 0 Å². The number of Topliss-reactive ketones (excluding diaryl/α,β-unsaturated/α-hetero) is 1. The first-order valence-corrected chi connectivity index (χ1v) is 6.60. The van der Waals surface area contributed by atoms with Gasteiger partial charge in [-0.2, -0.15) is 5.26 Å². The van der Waals surface area contributed by atoms with Crippen molar-refractivity contribution in [2.24, 2.45) is 23.0 Å². The van der Waals surface area contributed by atoms with Crippen LogP contribution < -0.4 is 5.73 Å². The summed E-state index contributed by atoms with van der Waals surface area (Å²) < 4.78 is 5.57. The predicted octanol–water partition coefficient (Wildman–Crippen LogP) is 2.63. The van der Waals surface area contributed by atoms with Crippen LogP contribution in [0.1, 0.15) is 40.5 Å². The number of allylic oxidation sites excluding steroid dienone is 3. The second-order valence-corrected chi connectivity index (χ2v) is 6.49. The Hall–Kier alpha value is -1.76. The molecule has 0 fully saturated rings. The molecule has 2 rings (SSSR count). The van der Waals surface area contributed by atoms with Crippen LogP contribution in [0.4, 0.5) is 0 Å². The molecule has 1 atom stereocenters. The van der Waals surface area contributed by atoms with Gasteiger partial charge in [0.15, 0.2) is 5.78 Å². The van der Waals surface area contributed by atoms with Gasteiger partial charge in [0, 0.05) is 24.3 Å². The number of nitrogens with zero attached hydrogens (tertiary/aromatic N) is 1. The zero-order valence-corrected chi connectivity index (χ0v) is 11.9. The average Bonchev–Trinajstić information content (AvgIpc) is 2.24. The summed E-state index contributed by atoms with van der Waals surface area (Å²) in [7, 11) is 0. The fraction of sp³-hybridized carbons (Fsp3) is 0.600. The zero-order valence-electron chi connectivity index (χ0n) is 11.9. The van der Waals surface area contributed by atoms with Gasteiger partial charge >= 0.3 is 0 Å². The molecule has 2 aliphatic rings. The summed E-state index contributed by atoms with van der Waals surface area (Å²) in [5.41, 5.74) is 6.80. The van der Waals surface area contributed by atoms with Crippen LogP contribution >= 0.6 is 0 Å². The summed E-state index contributed by atoms with van der Waals surface area (Å²) in [5.74, 6) is 0.830. The van der Waals surface area contributed by atoms with Gasteiger partial charge in [0.25, 0.3) is 0 Å². The van der Waals surface area contributed by atoms with Crippen LogP contribution in [0.5, 0.6) is 0 Å². The van der Waals surface area contributed by atoms with Crippen LogP contribution in [-0.2, 0) is 9.53 Å². The molecule has 0 bridgehead atoms. The molecule has 2 N–H and O–H groups in total. The molecular formula is C15H20N2O2. The van der Waals surface area contributed by atoms with Crippen LogP contribution in [0.3, 0.4) is 0 Å². The molecule has 0 radical (unpaired) electrons. The van der Waals surface area contributed by atoms with Gasteiger partial charge in [0.1, 0.15) is 11.8 Å². The average molecular weight is 260 g/mol. The van der Waals surface area contributed by atoms with E-state index in [1.807, 2.05) is 27.7 Å². The van der Waals surface area contributed by atoms with Crippen LogP contribution in [0.15, 0.2) is 22.8 Å². The van der Waals surface area contributed by atoms with Crippen molar-refractivity contribution in [1.82, 2.24) is 0 Å². The van der Waals surface area contributed by atoms with Crippen LogP contribution in [0.25, 0.3) is 0 Å². The van der Waals surface area contributed by atoms with E-state index >= 15 is 0 Å². The van der Waals surface area contributed by atoms with Crippen molar-refractivity contribution in [2.45, 2.75) is 40.5 Å². The van der Waals surface area contributed by atoms with Gasteiger partial charge in [-0.05, 0) is 11.3 Å². The molecule has 0 saturated carbocycles. The third kappa shape index (κ3) is 2.25. The molecule has 4 heteroatoms. The van der Waals surface area contributed by atoms with E-state index in [9.17, 15) is 10.1 Å². The predicted molar refractivity (Wildman–Crippen MR) is 71.3 cm³/mol. The number of hydrogen-bond acceptors (Lipinski definition) is 4. The number of rotatable bonds is 1. The zero-order chi connectivity index (χ0) is 14.4. The second kappa shape index (κ2) is 4.41. The highest BCUT2D eigenvalue weighted by Crippen LogP contribution is 2.46. The molecule has 0 spiro atoms. The lowest BCUT2D eigenvalue weighted by Crippen LogP contribution is -2.35. The lowest BCUT2D eigenvalue weighted by Gasteiger charge is -2.38. The van der Waals surface area contributed by atoms with E-state index in [0.717, 1.165) is 0 Å². The van der Waals surface area contributed by atoms with E-state index < -0.39 is 0 Å². The minimum absolute atomic E-state index is 0.0881. The molecular weight excluding hydrogens is 240 g/mol. The first-order chi connectivity index (χ1) is 8.76. The Morgan fingerprint density at radius 2 is 2.05 bits per heavy atom. The number of nitrogens with two attached hydrogens (primary N) is 1. The lowest BCUT2D eigenvalue weighted by molar-refractivity contribution is -0.119. The summed E-state index contributed by atoms with van der Waals surface area (Å²) in [5, 5.41) is 9.26. The normalized spacial score (nSPS) is 26.1. The number of hydrogen-bond donors (Lipinski definition) is 1. The molecule has 1 aliphatic heterocycles. The Balaban J connectivity index is 2.54. The van der Waals surface area contributed by atoms with E-state index in [-0.39, 0.29) is 28.9 Å². The van der Waals surface area contributed by atoms with E-state index in [4.69, 9.17) is 10.5 Å². The number of ketones is 1. The lowest BCUT2D eigenvalue weighted by atomic mass is 9.69. The van der Waals surface area contributed by atoms with Gasteiger partial charge in [0.05, 0.1) is 5.57 Å². The maximum atomic E-state index is 12.4. The van der Waals surface area contributed by atoms with Crippen LogP contribution in [0, 0.1) is 28.6 Å². The summed E-state index contributed by atoms with van der Waals surface area (Å²) in [6.45, 7) is 8.08. The summed E-state index contributed by atoms with van der Waals surface area (Å²) in [6.07, 6.45) is 1.19. The fourth-order valence-corrected chi connectivity index (χ4v) is 2.99. The first kappa shape index (κ1) is 13.7. The third-order valence-corrected chi connectivity index (χ3v) is 3.79. The van der Waals surface area contributed by atoms with Gasteiger partial charge in [-0.25, -0.2) is 0 Å². The number of nitriles is 1. The topological polar surface area (TPSA) is 76.1 Å². The number of ether oxygens (including phenoxy) is 1. The van der Waals surface area contributed by atoms with Crippen molar-refractivity contribution in [3.63, 3.8) is 0 Å². The Morgan fingerprint density at radius 1 is 1.42 bits per heavy atom. The molecule has 102 valence electrons. The van der Waals surface area contributed by atoms with Crippen molar-refractivity contribution in [2.75, 3.05) is 0 Å². The Labute approximate surface area is 113 Å². The van der Waals surface area contributed by atoms with Crippen molar-refractivity contribution in [1.29, 1.82) is 5.26 Å². The smallest absolute Gasteiger partial charge is 0.204 e. The van der Waals surface area contributed by atoms with Crippen LogP contribution in [0.2, 0.25) is 0 Å². The number of carbonyl (C=O) groups is 1. The Morgan fingerprint density at radius 3 is 2.58 bits per heavy atom. The van der Waals surface area contributed by atoms with Crippen molar-refractivity contribution in [3.05, 3.63) is 22.8 Å². The van der Waals surface area contributed by atoms with Crippen molar-refractivity contribution >= 4 is 5.78 Å². The van der Waals surface area contributed by atoms with E-state index in [0.29, 0.717) is 29.7 Å². The quantitative estimate of drug-likeness (QED) is 0.786. The van der Waals surface area contributed by atoms with Crippen molar-refractivity contribution < 1.29 is 9.53 Å². The molecule has 0 aromatic heterocycles. The Kier molecular flexibility index (Phi) is 3.17. The van der Waals surface area contributed by atoms with Crippen LogP contribution in [-0.4, -0.2) is 5.78 Å². The maximum Gasteiger partial charge on any atom is 0.204 e. The summed E-state index contributed by atoms with van der Waals surface area (Å²) in [4.78, 5) is 12.4. The second-order valence-electron chi connectivity index (χ2n) is 6.49. The van der Waals surface area contributed by atoms with E-state index in [1.165, 1.54) is 0 Å². The van der Waals surface area contributed by atoms with E-state index in [2.05, 4.69) is 6.07 Å².